The van der Waals surface area contributed by atoms with Crippen molar-refractivity contribution in [3.8, 4) is 11.3 Å². The second kappa shape index (κ2) is 7.44. The Morgan fingerprint density at radius 3 is 2.22 bits per heavy atom. The summed E-state index contributed by atoms with van der Waals surface area (Å²) < 4.78 is 9.31. The quantitative estimate of drug-likeness (QED) is 0.213. The van der Waals surface area contributed by atoms with Crippen LogP contribution in [0.25, 0.3) is 54.9 Å². The van der Waals surface area contributed by atoms with Gasteiger partial charge in [0.1, 0.15) is 18.2 Å². The van der Waals surface area contributed by atoms with Gasteiger partial charge in [0.15, 0.2) is 0 Å². The molecule has 37 heavy (non-hydrogen) atoms. The van der Waals surface area contributed by atoms with Gasteiger partial charge < -0.3 is 4.42 Å². The van der Waals surface area contributed by atoms with Gasteiger partial charge in [0, 0.05) is 33.7 Å². The van der Waals surface area contributed by atoms with Gasteiger partial charge in [-0.15, -0.1) is 0 Å². The van der Waals surface area contributed by atoms with Gasteiger partial charge in [-0.05, 0) is 70.9 Å². The lowest BCUT2D eigenvalue weighted by molar-refractivity contribution is -0.633. The first-order valence-corrected chi connectivity index (χ1v) is 13.5. The topological polar surface area (TPSA) is 17.0 Å². The molecule has 0 amide bonds. The highest BCUT2D eigenvalue weighted by Gasteiger charge is 2.39. The van der Waals surface area contributed by atoms with Gasteiger partial charge >= 0.3 is 0 Å². The third-order valence-electron chi connectivity index (χ3n) is 9.12. The molecule has 184 valence electrons. The number of hydrogen-bond donors (Lipinski definition) is 0. The van der Waals surface area contributed by atoms with Crippen LogP contribution in [0.2, 0.25) is 0 Å². The lowest BCUT2D eigenvalue weighted by atomic mass is 9.62. The predicted molar refractivity (Wildman–Crippen MR) is 155 cm³/mol. The first-order chi connectivity index (χ1) is 17.7. The number of rotatable bonds is 1. The summed E-state index contributed by atoms with van der Waals surface area (Å²) >= 11 is 0. The third kappa shape index (κ3) is 3.08. The number of hydrogen-bond acceptors (Lipinski definition) is 1. The molecule has 6 aromatic rings. The van der Waals surface area contributed by atoms with Crippen molar-refractivity contribution in [1.82, 2.24) is 0 Å². The van der Waals surface area contributed by atoms with Crippen molar-refractivity contribution in [2.75, 3.05) is 0 Å². The molecule has 0 atom stereocenters. The van der Waals surface area contributed by atoms with Gasteiger partial charge in [-0.25, -0.2) is 0 Å². The number of benzene rings is 4. The minimum Gasteiger partial charge on any atom is -0.454 e. The standard InChI is InChI=1S/C35H34NO/c1-21-11-15-24-25-16-12-23-13-17-26-31(35(4,5)20-19-34(26,2)3)30(23)33(25)37-32(24)29(21)28-18-14-22-9-7-8-10-27(22)36(28)6/h7-18H,19-20H2,1-6H3/q+1. The van der Waals surface area contributed by atoms with Crippen molar-refractivity contribution in [3.63, 3.8) is 0 Å². The van der Waals surface area contributed by atoms with Crippen molar-refractivity contribution >= 4 is 43.6 Å². The molecule has 2 heterocycles. The molecule has 0 fully saturated rings. The van der Waals surface area contributed by atoms with Gasteiger partial charge in [0.25, 0.3) is 0 Å². The Labute approximate surface area is 218 Å². The van der Waals surface area contributed by atoms with Crippen LogP contribution in [-0.4, -0.2) is 0 Å². The molecule has 0 N–H and O–H groups in total. The van der Waals surface area contributed by atoms with Crippen molar-refractivity contribution in [1.29, 1.82) is 0 Å². The van der Waals surface area contributed by atoms with Gasteiger partial charge in [0.2, 0.25) is 11.2 Å². The van der Waals surface area contributed by atoms with E-state index in [0.29, 0.717) is 0 Å². The summed E-state index contributed by atoms with van der Waals surface area (Å²) in [6.07, 6.45) is 2.39. The Bertz CT molecular complexity index is 1900. The molecule has 1 aliphatic rings. The fraction of sp³-hybridized carbons (Fsp3) is 0.286. The van der Waals surface area contributed by atoms with Gasteiger partial charge in [-0.1, -0.05) is 70.2 Å². The van der Waals surface area contributed by atoms with E-state index in [-0.39, 0.29) is 10.8 Å². The fourth-order valence-electron chi connectivity index (χ4n) is 6.87. The highest BCUT2D eigenvalue weighted by atomic mass is 16.3. The zero-order valence-electron chi connectivity index (χ0n) is 22.7. The van der Waals surface area contributed by atoms with Gasteiger partial charge in [0.05, 0.1) is 5.56 Å². The third-order valence-corrected chi connectivity index (χ3v) is 9.12. The normalized spacial score (nSPS) is 16.6. The smallest absolute Gasteiger partial charge is 0.216 e. The van der Waals surface area contributed by atoms with Crippen molar-refractivity contribution in [2.24, 2.45) is 7.05 Å². The molecular formula is C35H34NO+. The number of pyridine rings is 1. The Hall–Kier alpha value is -3.65. The van der Waals surface area contributed by atoms with E-state index >= 15 is 0 Å². The maximum absolute atomic E-state index is 7.01. The number of aryl methyl sites for hydroxylation is 2. The van der Waals surface area contributed by atoms with E-state index in [9.17, 15) is 0 Å². The van der Waals surface area contributed by atoms with Crippen LogP contribution in [0.3, 0.4) is 0 Å². The summed E-state index contributed by atoms with van der Waals surface area (Å²) in [6.45, 7) is 11.8. The van der Waals surface area contributed by atoms with E-state index in [0.717, 1.165) is 11.2 Å². The molecular weight excluding hydrogens is 450 g/mol. The molecule has 1 aliphatic carbocycles. The Morgan fingerprint density at radius 2 is 1.38 bits per heavy atom. The number of para-hydroxylation sites is 1. The van der Waals surface area contributed by atoms with Crippen LogP contribution < -0.4 is 4.57 Å². The predicted octanol–water partition coefficient (Wildman–Crippen LogP) is 9.04. The van der Waals surface area contributed by atoms with Crippen molar-refractivity contribution < 1.29 is 8.98 Å². The van der Waals surface area contributed by atoms with Crippen LogP contribution in [0.1, 0.15) is 57.2 Å². The van der Waals surface area contributed by atoms with E-state index < -0.39 is 0 Å². The van der Waals surface area contributed by atoms with E-state index in [1.54, 1.807) is 0 Å². The monoisotopic (exact) mass is 484 g/mol. The maximum Gasteiger partial charge on any atom is 0.216 e. The summed E-state index contributed by atoms with van der Waals surface area (Å²) in [5, 5.41) is 6.21. The zero-order valence-corrected chi connectivity index (χ0v) is 22.7. The highest BCUT2D eigenvalue weighted by Crippen LogP contribution is 2.51. The maximum atomic E-state index is 7.01. The second-order valence-corrected chi connectivity index (χ2v) is 12.4. The average molecular weight is 485 g/mol. The Kier molecular flexibility index (Phi) is 4.54. The zero-order chi connectivity index (χ0) is 25.7. The molecule has 2 nitrogen and oxygen atoms in total. The minimum absolute atomic E-state index is 0.0984. The number of nitrogens with zero attached hydrogens (tertiary/aromatic N) is 1. The van der Waals surface area contributed by atoms with Crippen LogP contribution in [0.4, 0.5) is 0 Å². The summed E-state index contributed by atoms with van der Waals surface area (Å²) in [5.74, 6) is 0. The van der Waals surface area contributed by atoms with Gasteiger partial charge in [-0.2, -0.15) is 4.57 Å². The van der Waals surface area contributed by atoms with Crippen molar-refractivity contribution in [2.45, 2.75) is 58.3 Å². The number of aromatic nitrogens is 1. The van der Waals surface area contributed by atoms with Crippen LogP contribution in [0.5, 0.6) is 0 Å². The summed E-state index contributed by atoms with van der Waals surface area (Å²) in [7, 11) is 2.16. The molecule has 0 saturated carbocycles. The molecule has 0 unspecified atom stereocenters. The molecule has 4 aromatic carbocycles. The van der Waals surface area contributed by atoms with E-state index in [1.807, 2.05) is 0 Å². The van der Waals surface area contributed by atoms with Gasteiger partial charge in [-0.3, -0.25) is 0 Å². The largest absolute Gasteiger partial charge is 0.454 e. The molecule has 0 spiro atoms. The molecule has 0 saturated heterocycles. The average Bonchev–Trinajstić information content (AvgIpc) is 3.26. The molecule has 0 aliphatic heterocycles. The summed E-state index contributed by atoms with van der Waals surface area (Å²) in [6, 6.07) is 26.8. The van der Waals surface area contributed by atoms with Crippen LogP contribution in [-0.2, 0) is 17.9 Å². The van der Waals surface area contributed by atoms with E-state index in [2.05, 4.69) is 119 Å². The first kappa shape index (κ1) is 22.5. The highest BCUT2D eigenvalue weighted by molar-refractivity contribution is 6.18. The lowest BCUT2D eigenvalue weighted by Crippen LogP contribution is -2.34. The minimum atomic E-state index is 0.0984. The number of fused-ring (bicyclic) bond motifs is 8. The summed E-state index contributed by atoms with van der Waals surface area (Å²) in [5.41, 5.74) is 10.0. The Morgan fingerprint density at radius 1 is 0.703 bits per heavy atom. The second-order valence-electron chi connectivity index (χ2n) is 12.4. The van der Waals surface area contributed by atoms with E-state index in [1.165, 1.54) is 73.2 Å². The van der Waals surface area contributed by atoms with Crippen molar-refractivity contribution in [3.05, 3.63) is 89.5 Å². The first-order valence-electron chi connectivity index (χ1n) is 13.5. The summed E-state index contributed by atoms with van der Waals surface area (Å²) in [4.78, 5) is 0. The molecule has 2 aromatic heterocycles. The lowest BCUT2D eigenvalue weighted by Gasteiger charge is -2.42. The molecule has 0 bridgehead atoms. The fourth-order valence-corrected chi connectivity index (χ4v) is 6.87. The molecule has 7 rings (SSSR count). The SMILES string of the molecule is Cc1ccc2c(oc3c2ccc2ccc4c(c23)C(C)(C)CCC4(C)C)c1-c1ccc2ccccc2[n+]1C. The van der Waals surface area contributed by atoms with Crippen LogP contribution in [0.15, 0.2) is 77.2 Å². The Balaban J connectivity index is 1.62. The van der Waals surface area contributed by atoms with Crippen LogP contribution in [0, 0.1) is 6.92 Å². The van der Waals surface area contributed by atoms with E-state index in [4.69, 9.17) is 4.42 Å². The molecule has 0 radical (unpaired) electrons. The molecule has 2 heteroatoms. The number of furan rings is 1. The van der Waals surface area contributed by atoms with Crippen LogP contribution >= 0.6 is 0 Å².